The molecule has 0 aliphatic carbocycles. The molecule has 0 aliphatic rings. The molecule has 0 saturated heterocycles. The van der Waals surface area contributed by atoms with Gasteiger partial charge < -0.3 is 8.98 Å². The SMILES string of the molecule is CC(C)(C)c1ccc(-c2nc(-c3ccc(C(C)(C)C)cc3)nc(-n3c4ccccc4c4ccc5c6ccccc6n(-c6cccc7nc(-c8ccccc8)oc67)c5c43)n2)cc1. The van der Waals surface area contributed by atoms with Gasteiger partial charge in [-0.2, -0.15) is 9.97 Å². The molecule has 11 aromatic rings. The minimum atomic E-state index is 0.00864. The molecule has 7 aromatic carbocycles. The first kappa shape index (κ1) is 36.7. The third kappa shape index (κ3) is 6.02. The molecule has 0 atom stereocenters. The Balaban J connectivity index is 1.24. The number of hydrogen-bond acceptors (Lipinski definition) is 5. The fraction of sp³-hybridized carbons (Fsp3) is 0.148. The number of oxazole rings is 1. The summed E-state index contributed by atoms with van der Waals surface area (Å²) < 4.78 is 11.3. The van der Waals surface area contributed by atoms with Gasteiger partial charge in [-0.15, -0.1) is 0 Å². The van der Waals surface area contributed by atoms with Gasteiger partial charge in [0.1, 0.15) is 5.52 Å². The fourth-order valence-corrected chi connectivity index (χ4v) is 8.74. The average molecular weight is 793 g/mol. The van der Waals surface area contributed by atoms with Gasteiger partial charge >= 0.3 is 0 Å². The van der Waals surface area contributed by atoms with Gasteiger partial charge in [0.25, 0.3) is 0 Å². The van der Waals surface area contributed by atoms with E-state index in [4.69, 9.17) is 24.4 Å². The van der Waals surface area contributed by atoms with Crippen molar-refractivity contribution in [1.29, 1.82) is 0 Å². The smallest absolute Gasteiger partial charge is 0.238 e. The molecular weight excluding hydrogens is 749 g/mol. The molecule has 11 rings (SSSR count). The van der Waals surface area contributed by atoms with Crippen LogP contribution in [-0.2, 0) is 10.8 Å². The van der Waals surface area contributed by atoms with Crippen LogP contribution >= 0.6 is 0 Å². The summed E-state index contributed by atoms with van der Waals surface area (Å²) in [7, 11) is 0. The van der Waals surface area contributed by atoms with Crippen LogP contribution in [0.1, 0.15) is 52.7 Å². The van der Waals surface area contributed by atoms with Crippen LogP contribution in [-0.4, -0.2) is 29.1 Å². The van der Waals surface area contributed by atoms with Gasteiger partial charge in [0, 0.05) is 38.2 Å². The molecular formula is C54H44N6O. The van der Waals surface area contributed by atoms with Crippen molar-refractivity contribution in [1.82, 2.24) is 29.1 Å². The topological polar surface area (TPSA) is 74.6 Å². The van der Waals surface area contributed by atoms with Gasteiger partial charge in [0.2, 0.25) is 11.8 Å². The van der Waals surface area contributed by atoms with Crippen LogP contribution < -0.4 is 0 Å². The average Bonchev–Trinajstić information content (AvgIpc) is 3.97. The fourth-order valence-electron chi connectivity index (χ4n) is 8.74. The Bertz CT molecular complexity index is 3390. The highest BCUT2D eigenvalue weighted by atomic mass is 16.3. The highest BCUT2D eigenvalue weighted by Gasteiger charge is 2.25. The molecule has 0 unspecified atom stereocenters. The molecule has 0 amide bonds. The number of hydrogen-bond donors (Lipinski definition) is 0. The van der Waals surface area contributed by atoms with E-state index in [1.807, 2.05) is 36.4 Å². The molecule has 4 heterocycles. The third-order valence-electron chi connectivity index (χ3n) is 12.0. The van der Waals surface area contributed by atoms with Crippen molar-refractivity contribution in [2.24, 2.45) is 0 Å². The van der Waals surface area contributed by atoms with Crippen LogP contribution in [0.5, 0.6) is 0 Å². The lowest BCUT2D eigenvalue weighted by atomic mass is 9.86. The Morgan fingerprint density at radius 1 is 0.410 bits per heavy atom. The van der Waals surface area contributed by atoms with Gasteiger partial charge in [-0.3, -0.25) is 4.57 Å². The molecule has 0 N–H and O–H groups in total. The maximum atomic E-state index is 6.71. The van der Waals surface area contributed by atoms with Crippen molar-refractivity contribution in [3.05, 3.63) is 169 Å². The van der Waals surface area contributed by atoms with E-state index in [0.29, 0.717) is 29.1 Å². The second-order valence-electron chi connectivity index (χ2n) is 18.0. The van der Waals surface area contributed by atoms with Gasteiger partial charge in [-0.25, -0.2) is 9.97 Å². The van der Waals surface area contributed by atoms with Crippen molar-refractivity contribution < 1.29 is 4.42 Å². The molecule has 0 spiro atoms. The predicted octanol–water partition coefficient (Wildman–Crippen LogP) is 13.8. The molecule has 4 aromatic heterocycles. The number of para-hydroxylation sites is 3. The Kier molecular flexibility index (Phi) is 8.16. The lowest BCUT2D eigenvalue weighted by molar-refractivity contribution is 0.590. The lowest BCUT2D eigenvalue weighted by Gasteiger charge is -2.19. The van der Waals surface area contributed by atoms with Crippen molar-refractivity contribution in [2.45, 2.75) is 52.4 Å². The van der Waals surface area contributed by atoms with E-state index in [0.717, 1.165) is 71.5 Å². The Labute approximate surface area is 354 Å². The molecule has 0 fully saturated rings. The molecule has 61 heavy (non-hydrogen) atoms. The third-order valence-corrected chi connectivity index (χ3v) is 12.0. The first-order chi connectivity index (χ1) is 29.5. The molecule has 7 heteroatoms. The van der Waals surface area contributed by atoms with E-state index in [-0.39, 0.29) is 10.8 Å². The zero-order valence-electron chi connectivity index (χ0n) is 35.1. The van der Waals surface area contributed by atoms with Gasteiger partial charge in [-0.05, 0) is 58.4 Å². The zero-order valence-corrected chi connectivity index (χ0v) is 35.1. The van der Waals surface area contributed by atoms with E-state index < -0.39 is 0 Å². The normalized spacial score (nSPS) is 12.4. The predicted molar refractivity (Wildman–Crippen MR) is 250 cm³/mol. The molecule has 0 bridgehead atoms. The second kappa shape index (κ2) is 13.6. The monoisotopic (exact) mass is 792 g/mol. The summed E-state index contributed by atoms with van der Waals surface area (Å²) >= 11 is 0. The van der Waals surface area contributed by atoms with Crippen LogP contribution in [0, 0.1) is 0 Å². The molecule has 0 aliphatic heterocycles. The molecule has 0 saturated carbocycles. The van der Waals surface area contributed by atoms with Crippen LogP contribution in [0.3, 0.4) is 0 Å². The summed E-state index contributed by atoms with van der Waals surface area (Å²) in [5, 5.41) is 4.44. The minimum absolute atomic E-state index is 0.00864. The molecule has 296 valence electrons. The van der Waals surface area contributed by atoms with Gasteiger partial charge in [0.15, 0.2) is 17.2 Å². The summed E-state index contributed by atoms with van der Waals surface area (Å²) in [6, 6.07) is 55.2. The standard InChI is InChI=1S/C54H44N6O/c1-53(2,3)36-27-23-33(24-28-36)49-56-50(34-25-29-37(30-26-34)54(4,5)6)58-52(57-49)60-44-21-13-11-18-39(44)41-32-31-40-38-17-10-12-20-43(38)59(46(40)47(41)60)45-22-14-19-42-48(45)61-51(55-42)35-15-8-7-9-16-35/h7-32H,1-6H3. The Morgan fingerprint density at radius 2 is 0.918 bits per heavy atom. The summed E-state index contributed by atoms with van der Waals surface area (Å²) in [4.78, 5) is 20.9. The number of fused-ring (bicyclic) bond motifs is 8. The minimum Gasteiger partial charge on any atom is -0.434 e. The molecule has 7 nitrogen and oxygen atoms in total. The van der Waals surface area contributed by atoms with E-state index >= 15 is 0 Å². The molecule has 0 radical (unpaired) electrons. The Hall–Kier alpha value is -7.38. The van der Waals surface area contributed by atoms with E-state index in [2.05, 4.69) is 172 Å². The number of benzene rings is 7. The van der Waals surface area contributed by atoms with E-state index in [1.165, 1.54) is 11.1 Å². The number of nitrogens with zero attached hydrogens (tertiary/aromatic N) is 6. The highest BCUT2D eigenvalue weighted by Crippen LogP contribution is 2.43. The quantitative estimate of drug-likeness (QED) is 0.173. The van der Waals surface area contributed by atoms with Crippen molar-refractivity contribution >= 4 is 54.7 Å². The van der Waals surface area contributed by atoms with E-state index in [1.54, 1.807) is 0 Å². The number of aromatic nitrogens is 6. The summed E-state index contributed by atoms with van der Waals surface area (Å²) in [5.41, 5.74) is 11.8. The second-order valence-corrected chi connectivity index (χ2v) is 18.0. The van der Waals surface area contributed by atoms with Gasteiger partial charge in [-0.1, -0.05) is 163 Å². The van der Waals surface area contributed by atoms with Crippen LogP contribution in [0.25, 0.3) is 101 Å². The maximum absolute atomic E-state index is 6.71. The van der Waals surface area contributed by atoms with Crippen LogP contribution in [0.2, 0.25) is 0 Å². The van der Waals surface area contributed by atoms with Crippen molar-refractivity contribution in [2.75, 3.05) is 0 Å². The summed E-state index contributed by atoms with van der Waals surface area (Å²) in [6.45, 7) is 13.4. The first-order valence-corrected chi connectivity index (χ1v) is 20.9. The highest BCUT2D eigenvalue weighted by molar-refractivity contribution is 6.24. The van der Waals surface area contributed by atoms with Crippen molar-refractivity contribution in [3.8, 4) is 45.9 Å². The largest absolute Gasteiger partial charge is 0.434 e. The van der Waals surface area contributed by atoms with Crippen molar-refractivity contribution in [3.63, 3.8) is 0 Å². The maximum Gasteiger partial charge on any atom is 0.238 e. The van der Waals surface area contributed by atoms with Crippen LogP contribution in [0.15, 0.2) is 162 Å². The Morgan fingerprint density at radius 3 is 1.48 bits per heavy atom. The van der Waals surface area contributed by atoms with E-state index in [9.17, 15) is 0 Å². The number of rotatable bonds is 5. The first-order valence-electron chi connectivity index (χ1n) is 20.9. The zero-order chi connectivity index (χ0) is 41.6. The lowest BCUT2D eigenvalue weighted by Crippen LogP contribution is -2.11. The van der Waals surface area contributed by atoms with Gasteiger partial charge in [0.05, 0.1) is 27.8 Å². The summed E-state index contributed by atoms with van der Waals surface area (Å²) in [6.07, 6.45) is 0. The summed E-state index contributed by atoms with van der Waals surface area (Å²) in [5.74, 6) is 2.34. The van der Waals surface area contributed by atoms with Crippen LogP contribution in [0.4, 0.5) is 0 Å².